The summed E-state index contributed by atoms with van der Waals surface area (Å²) in [5.41, 5.74) is 5.89. The van der Waals surface area contributed by atoms with Crippen LogP contribution in [-0.4, -0.2) is 46.5 Å². The summed E-state index contributed by atoms with van der Waals surface area (Å²) in [7, 11) is 0. The smallest absolute Gasteiger partial charge is 0.188 e. The van der Waals surface area contributed by atoms with Crippen molar-refractivity contribution in [2.75, 3.05) is 19.7 Å². The summed E-state index contributed by atoms with van der Waals surface area (Å²) < 4.78 is 7.80. The van der Waals surface area contributed by atoms with E-state index >= 15 is 0 Å². The second-order valence-corrected chi connectivity index (χ2v) is 6.03. The molecule has 0 spiro atoms. The Labute approximate surface area is 131 Å². The van der Waals surface area contributed by atoms with Crippen molar-refractivity contribution in [2.24, 2.45) is 10.7 Å². The molecule has 3 rings (SSSR count). The van der Waals surface area contributed by atoms with E-state index in [4.69, 9.17) is 10.5 Å². The van der Waals surface area contributed by atoms with Crippen LogP contribution in [-0.2, 0) is 24.1 Å². The number of hydrogen-bond donors (Lipinski definition) is 2. The zero-order valence-corrected chi connectivity index (χ0v) is 13.1. The van der Waals surface area contributed by atoms with E-state index in [1.54, 1.807) is 0 Å². The molecular weight excluding hydrogens is 280 g/mol. The van der Waals surface area contributed by atoms with Gasteiger partial charge >= 0.3 is 0 Å². The first-order valence-corrected chi connectivity index (χ1v) is 8.39. The molecule has 7 heteroatoms. The van der Waals surface area contributed by atoms with E-state index in [9.17, 15) is 0 Å². The third kappa shape index (κ3) is 3.97. The predicted molar refractivity (Wildman–Crippen MR) is 84.7 cm³/mol. The monoisotopic (exact) mass is 306 g/mol. The van der Waals surface area contributed by atoms with Crippen LogP contribution in [0.3, 0.4) is 0 Å². The molecule has 7 nitrogen and oxygen atoms in total. The van der Waals surface area contributed by atoms with Crippen LogP contribution in [0.1, 0.15) is 43.8 Å². The lowest BCUT2D eigenvalue weighted by molar-refractivity contribution is 0.118. The molecule has 1 saturated heterocycles. The highest BCUT2D eigenvalue weighted by Crippen LogP contribution is 2.14. The van der Waals surface area contributed by atoms with Gasteiger partial charge in [0, 0.05) is 32.5 Å². The van der Waals surface area contributed by atoms with Gasteiger partial charge < -0.3 is 20.4 Å². The summed E-state index contributed by atoms with van der Waals surface area (Å²) >= 11 is 0. The first-order valence-electron chi connectivity index (χ1n) is 8.39. The Morgan fingerprint density at radius 2 is 2.27 bits per heavy atom. The number of aliphatic imine (C=N–C) groups is 1. The molecule has 3 heterocycles. The molecular formula is C15H26N6O. The number of nitrogens with two attached hydrogens (primary N) is 1. The van der Waals surface area contributed by atoms with Gasteiger partial charge in [0.05, 0.1) is 12.6 Å². The highest BCUT2D eigenvalue weighted by molar-refractivity contribution is 5.77. The molecule has 0 bridgehead atoms. The van der Waals surface area contributed by atoms with Crippen molar-refractivity contribution in [1.82, 2.24) is 20.1 Å². The maximum absolute atomic E-state index is 5.89. The predicted octanol–water partition coefficient (Wildman–Crippen LogP) is 0.630. The second-order valence-electron chi connectivity index (χ2n) is 6.03. The van der Waals surface area contributed by atoms with E-state index < -0.39 is 0 Å². The molecule has 22 heavy (non-hydrogen) atoms. The maximum atomic E-state index is 5.89. The average Bonchev–Trinajstić information content (AvgIpc) is 3.11. The van der Waals surface area contributed by atoms with Crippen molar-refractivity contribution < 1.29 is 4.74 Å². The summed E-state index contributed by atoms with van der Waals surface area (Å²) in [5, 5.41) is 11.8. The van der Waals surface area contributed by atoms with Crippen LogP contribution in [0.2, 0.25) is 0 Å². The van der Waals surface area contributed by atoms with E-state index in [1.807, 2.05) is 0 Å². The van der Waals surface area contributed by atoms with Crippen molar-refractivity contribution >= 4 is 5.96 Å². The van der Waals surface area contributed by atoms with Gasteiger partial charge in [-0.1, -0.05) is 6.42 Å². The van der Waals surface area contributed by atoms with Crippen LogP contribution in [0.15, 0.2) is 4.99 Å². The third-order valence-electron chi connectivity index (χ3n) is 4.33. The molecule has 0 aliphatic carbocycles. The summed E-state index contributed by atoms with van der Waals surface area (Å²) in [6.45, 7) is 3.28. The summed E-state index contributed by atoms with van der Waals surface area (Å²) in [4.78, 5) is 4.34. The molecule has 3 N–H and O–H groups in total. The SMILES string of the molecule is NC(=NCC1CCCO1)NCCc1nnc2n1CCCCC2. The molecule has 1 unspecified atom stereocenters. The number of nitrogens with one attached hydrogen (secondary N) is 1. The fraction of sp³-hybridized carbons (Fsp3) is 0.800. The van der Waals surface area contributed by atoms with Crippen LogP contribution < -0.4 is 11.1 Å². The molecule has 0 radical (unpaired) electrons. The van der Waals surface area contributed by atoms with Crippen molar-refractivity contribution in [3.8, 4) is 0 Å². The summed E-state index contributed by atoms with van der Waals surface area (Å²) in [5.74, 6) is 2.68. The van der Waals surface area contributed by atoms with Gasteiger partial charge in [-0.15, -0.1) is 10.2 Å². The van der Waals surface area contributed by atoms with Gasteiger partial charge in [-0.05, 0) is 25.7 Å². The fourth-order valence-corrected chi connectivity index (χ4v) is 3.08. The van der Waals surface area contributed by atoms with Crippen molar-refractivity contribution in [3.05, 3.63) is 11.6 Å². The largest absolute Gasteiger partial charge is 0.376 e. The van der Waals surface area contributed by atoms with Crippen LogP contribution in [0, 0.1) is 0 Å². The molecule has 1 aromatic heterocycles. The standard InChI is InChI=1S/C15H26N6O/c16-15(18-11-12-5-4-10-22-12)17-8-7-14-20-19-13-6-2-1-3-9-21(13)14/h12H,1-11H2,(H3,16,17,18). The lowest BCUT2D eigenvalue weighted by Gasteiger charge is -2.09. The molecule has 0 amide bonds. The number of hydrogen-bond acceptors (Lipinski definition) is 4. The topological polar surface area (TPSA) is 90.3 Å². The Bertz CT molecular complexity index is 506. The highest BCUT2D eigenvalue weighted by Gasteiger charge is 2.15. The van der Waals surface area contributed by atoms with E-state index in [1.165, 1.54) is 19.3 Å². The minimum atomic E-state index is 0.243. The fourth-order valence-electron chi connectivity index (χ4n) is 3.08. The van der Waals surface area contributed by atoms with E-state index in [2.05, 4.69) is 25.1 Å². The molecule has 1 atom stereocenters. The molecule has 2 aliphatic rings. The van der Waals surface area contributed by atoms with Gasteiger partial charge in [0.2, 0.25) is 0 Å². The van der Waals surface area contributed by atoms with Crippen LogP contribution in [0.25, 0.3) is 0 Å². The Morgan fingerprint density at radius 1 is 1.32 bits per heavy atom. The lowest BCUT2D eigenvalue weighted by atomic mass is 10.2. The number of nitrogens with zero attached hydrogens (tertiary/aromatic N) is 4. The number of guanidine groups is 1. The minimum Gasteiger partial charge on any atom is -0.376 e. The molecule has 0 aromatic carbocycles. The first-order chi connectivity index (χ1) is 10.8. The zero-order chi connectivity index (χ0) is 15.2. The van der Waals surface area contributed by atoms with Gasteiger partial charge in [0.25, 0.3) is 0 Å². The molecule has 122 valence electrons. The van der Waals surface area contributed by atoms with E-state index in [0.29, 0.717) is 12.5 Å². The van der Waals surface area contributed by atoms with Crippen molar-refractivity contribution in [3.63, 3.8) is 0 Å². The zero-order valence-electron chi connectivity index (χ0n) is 13.1. The Morgan fingerprint density at radius 3 is 3.14 bits per heavy atom. The van der Waals surface area contributed by atoms with Gasteiger partial charge in [-0.25, -0.2) is 0 Å². The van der Waals surface area contributed by atoms with Gasteiger partial charge in [-0.3, -0.25) is 4.99 Å². The number of fused-ring (bicyclic) bond motifs is 1. The lowest BCUT2D eigenvalue weighted by Crippen LogP contribution is -2.34. The maximum Gasteiger partial charge on any atom is 0.188 e. The van der Waals surface area contributed by atoms with Crippen LogP contribution >= 0.6 is 0 Å². The molecule has 0 saturated carbocycles. The van der Waals surface area contributed by atoms with Gasteiger partial charge in [0.15, 0.2) is 5.96 Å². The van der Waals surface area contributed by atoms with E-state index in [0.717, 1.165) is 57.0 Å². The third-order valence-corrected chi connectivity index (χ3v) is 4.33. The van der Waals surface area contributed by atoms with Crippen molar-refractivity contribution in [2.45, 2.75) is 57.6 Å². The minimum absolute atomic E-state index is 0.243. The number of aromatic nitrogens is 3. The number of aryl methyl sites for hydroxylation is 1. The van der Waals surface area contributed by atoms with Crippen LogP contribution in [0.5, 0.6) is 0 Å². The van der Waals surface area contributed by atoms with Gasteiger partial charge in [-0.2, -0.15) is 0 Å². The van der Waals surface area contributed by atoms with Crippen LogP contribution in [0.4, 0.5) is 0 Å². The van der Waals surface area contributed by atoms with Gasteiger partial charge in [0.1, 0.15) is 11.6 Å². The number of ether oxygens (including phenoxy) is 1. The average molecular weight is 306 g/mol. The van der Waals surface area contributed by atoms with E-state index in [-0.39, 0.29) is 6.10 Å². The summed E-state index contributed by atoms with van der Waals surface area (Å²) in [6, 6.07) is 0. The van der Waals surface area contributed by atoms with Crippen molar-refractivity contribution in [1.29, 1.82) is 0 Å². The number of rotatable bonds is 5. The Kier molecular flexibility index (Phi) is 5.26. The Hall–Kier alpha value is -1.63. The molecule has 1 fully saturated rings. The molecule has 2 aliphatic heterocycles. The molecule has 1 aromatic rings. The quantitative estimate of drug-likeness (QED) is 0.615. The highest BCUT2D eigenvalue weighted by atomic mass is 16.5. The normalized spacial score (nSPS) is 22.4. The summed E-state index contributed by atoms with van der Waals surface area (Å²) in [6.07, 6.45) is 8.05. The second kappa shape index (κ2) is 7.58. The Balaban J connectivity index is 1.44. The first kappa shape index (κ1) is 15.3.